The molecule has 6 heteroatoms. The zero-order valence-electron chi connectivity index (χ0n) is 12.9. The van der Waals surface area contributed by atoms with E-state index in [9.17, 15) is 4.79 Å². The summed E-state index contributed by atoms with van der Waals surface area (Å²) in [6.45, 7) is 3.73. The monoisotopic (exact) mass is 308 g/mol. The molecule has 0 saturated heterocycles. The molecule has 0 spiro atoms. The number of guanidine groups is 1. The molecule has 5 nitrogen and oxygen atoms in total. The van der Waals surface area contributed by atoms with Crippen LogP contribution in [0.2, 0.25) is 0 Å². The first-order valence-electron chi connectivity index (χ1n) is 7.03. The van der Waals surface area contributed by atoms with Gasteiger partial charge in [-0.3, -0.25) is 4.79 Å². The van der Waals surface area contributed by atoms with E-state index in [1.165, 1.54) is 4.90 Å². The van der Waals surface area contributed by atoms with Gasteiger partial charge in [0.15, 0.2) is 5.96 Å². The Balaban J connectivity index is 2.33. The molecule has 1 aromatic carbocycles. The van der Waals surface area contributed by atoms with Crippen LogP contribution in [0.5, 0.6) is 0 Å². The third-order valence-corrected chi connectivity index (χ3v) is 3.64. The molecular weight excluding hydrogens is 284 g/mol. The molecule has 2 N–H and O–H groups in total. The first-order valence-corrected chi connectivity index (χ1v) is 8.02. The van der Waals surface area contributed by atoms with Crippen molar-refractivity contribution in [3.8, 4) is 0 Å². The van der Waals surface area contributed by atoms with Crippen LogP contribution in [-0.2, 0) is 4.79 Å². The predicted molar refractivity (Wildman–Crippen MR) is 89.8 cm³/mol. The van der Waals surface area contributed by atoms with Crippen molar-refractivity contribution in [2.24, 2.45) is 4.99 Å². The molecule has 0 atom stereocenters. The van der Waals surface area contributed by atoms with Crippen molar-refractivity contribution in [3.63, 3.8) is 0 Å². The highest BCUT2D eigenvalue weighted by Gasteiger charge is 2.03. The Morgan fingerprint density at radius 2 is 1.95 bits per heavy atom. The molecule has 0 saturated carbocycles. The number of carbonyl (C=O) groups excluding carboxylic acids is 1. The van der Waals surface area contributed by atoms with Crippen molar-refractivity contribution in [2.75, 3.05) is 39.5 Å². The van der Waals surface area contributed by atoms with E-state index in [2.05, 4.69) is 27.8 Å². The summed E-state index contributed by atoms with van der Waals surface area (Å²) in [5.41, 5.74) is 0. The summed E-state index contributed by atoms with van der Waals surface area (Å²) in [6.07, 6.45) is 0. The molecular formula is C15H24N4OS. The van der Waals surface area contributed by atoms with Gasteiger partial charge in [-0.05, 0) is 19.1 Å². The first kappa shape index (κ1) is 17.4. The summed E-state index contributed by atoms with van der Waals surface area (Å²) >= 11 is 1.79. The van der Waals surface area contributed by atoms with E-state index in [0.717, 1.165) is 18.8 Å². The Morgan fingerprint density at radius 1 is 1.24 bits per heavy atom. The molecule has 0 radical (unpaired) electrons. The average Bonchev–Trinajstić information content (AvgIpc) is 2.49. The van der Waals surface area contributed by atoms with Crippen molar-refractivity contribution in [2.45, 2.75) is 11.8 Å². The molecule has 0 aliphatic carbocycles. The van der Waals surface area contributed by atoms with Crippen molar-refractivity contribution in [1.29, 1.82) is 0 Å². The molecule has 1 aromatic rings. The van der Waals surface area contributed by atoms with Crippen molar-refractivity contribution in [3.05, 3.63) is 30.3 Å². The van der Waals surface area contributed by atoms with E-state index in [-0.39, 0.29) is 12.5 Å². The quantitative estimate of drug-likeness (QED) is 0.346. The smallest absolute Gasteiger partial charge is 0.243 e. The van der Waals surface area contributed by atoms with E-state index in [1.807, 2.05) is 25.1 Å². The largest absolute Gasteiger partial charge is 0.357 e. The topological polar surface area (TPSA) is 56.7 Å². The lowest BCUT2D eigenvalue weighted by Crippen LogP contribution is -2.39. The number of benzene rings is 1. The van der Waals surface area contributed by atoms with Crippen molar-refractivity contribution >= 4 is 23.6 Å². The fraction of sp³-hybridized carbons (Fsp3) is 0.467. The summed E-state index contributed by atoms with van der Waals surface area (Å²) in [5, 5.41) is 6.37. The standard InChI is InChI=1S/C15H24N4OS/c1-4-16-15(18-12-14(20)19(2)3)17-10-11-21-13-8-6-5-7-9-13/h5-9H,4,10-12H2,1-3H3,(H2,16,17,18). The van der Waals surface area contributed by atoms with Crippen LogP contribution in [0.4, 0.5) is 0 Å². The van der Waals surface area contributed by atoms with Crippen LogP contribution in [0.1, 0.15) is 6.92 Å². The number of carbonyl (C=O) groups is 1. The lowest BCUT2D eigenvalue weighted by molar-refractivity contribution is -0.127. The van der Waals surface area contributed by atoms with Gasteiger partial charge < -0.3 is 15.5 Å². The lowest BCUT2D eigenvalue weighted by Gasteiger charge is -2.12. The van der Waals surface area contributed by atoms with Gasteiger partial charge in [-0.2, -0.15) is 0 Å². The molecule has 1 amide bonds. The maximum atomic E-state index is 11.5. The summed E-state index contributed by atoms with van der Waals surface area (Å²) in [7, 11) is 3.46. The van der Waals surface area contributed by atoms with E-state index in [4.69, 9.17) is 0 Å². The van der Waals surface area contributed by atoms with Crippen molar-refractivity contribution in [1.82, 2.24) is 15.5 Å². The minimum Gasteiger partial charge on any atom is -0.357 e. The summed E-state index contributed by atoms with van der Waals surface area (Å²) in [4.78, 5) is 18.6. The normalized spacial score (nSPS) is 11.1. The molecule has 0 aliphatic heterocycles. The van der Waals surface area contributed by atoms with Gasteiger partial charge in [0.05, 0.1) is 0 Å². The van der Waals surface area contributed by atoms with Gasteiger partial charge in [0, 0.05) is 37.8 Å². The van der Waals surface area contributed by atoms with Gasteiger partial charge >= 0.3 is 0 Å². The number of nitrogens with one attached hydrogen (secondary N) is 2. The third kappa shape index (κ3) is 7.60. The molecule has 0 aromatic heterocycles. The summed E-state index contributed by atoms with van der Waals surface area (Å²) in [6, 6.07) is 10.3. The van der Waals surface area contributed by atoms with Crippen LogP contribution >= 0.6 is 11.8 Å². The number of rotatable bonds is 7. The summed E-state index contributed by atoms with van der Waals surface area (Å²) in [5.74, 6) is 1.61. The first-order chi connectivity index (χ1) is 10.1. The van der Waals surface area contributed by atoms with Gasteiger partial charge in [-0.25, -0.2) is 4.99 Å². The van der Waals surface area contributed by atoms with E-state index in [0.29, 0.717) is 5.96 Å². The van der Waals surface area contributed by atoms with Gasteiger partial charge in [0.1, 0.15) is 6.54 Å². The van der Waals surface area contributed by atoms with Crippen LogP contribution in [0.3, 0.4) is 0 Å². The Bertz CT molecular complexity index is 448. The number of thioether (sulfide) groups is 1. The highest BCUT2D eigenvalue weighted by molar-refractivity contribution is 7.99. The highest BCUT2D eigenvalue weighted by Crippen LogP contribution is 2.15. The zero-order chi connectivity index (χ0) is 15.5. The Kier molecular flexibility index (Phi) is 8.35. The van der Waals surface area contributed by atoms with Gasteiger partial charge in [-0.1, -0.05) is 18.2 Å². The molecule has 116 valence electrons. The Morgan fingerprint density at radius 3 is 2.57 bits per heavy atom. The number of nitrogens with zero attached hydrogens (tertiary/aromatic N) is 2. The Labute approximate surface area is 131 Å². The second-order valence-electron chi connectivity index (χ2n) is 4.57. The third-order valence-electron chi connectivity index (χ3n) is 2.62. The Hall–Kier alpha value is -1.69. The number of amides is 1. The maximum Gasteiger partial charge on any atom is 0.243 e. The van der Waals surface area contributed by atoms with Crippen LogP contribution in [0, 0.1) is 0 Å². The highest BCUT2D eigenvalue weighted by atomic mass is 32.2. The van der Waals surface area contributed by atoms with E-state index < -0.39 is 0 Å². The molecule has 0 aliphatic rings. The predicted octanol–water partition coefficient (Wildman–Crippen LogP) is 1.42. The van der Waals surface area contributed by atoms with Gasteiger partial charge in [0.25, 0.3) is 0 Å². The zero-order valence-corrected chi connectivity index (χ0v) is 13.7. The lowest BCUT2D eigenvalue weighted by atomic mass is 10.4. The molecule has 1 rings (SSSR count). The second-order valence-corrected chi connectivity index (χ2v) is 5.74. The molecule has 0 unspecified atom stereocenters. The van der Waals surface area contributed by atoms with Crippen LogP contribution < -0.4 is 10.6 Å². The van der Waals surface area contributed by atoms with Crippen LogP contribution in [0.15, 0.2) is 40.2 Å². The minimum atomic E-state index is -0.00846. The number of aliphatic imine (C=N–C) groups is 1. The van der Waals surface area contributed by atoms with Gasteiger partial charge in [0.2, 0.25) is 5.91 Å². The average molecular weight is 308 g/mol. The SMILES string of the molecule is CCNC(=NCC(=O)N(C)C)NCCSc1ccccc1. The molecule has 0 fully saturated rings. The fourth-order valence-electron chi connectivity index (χ4n) is 1.48. The van der Waals surface area contributed by atoms with E-state index >= 15 is 0 Å². The fourth-order valence-corrected chi connectivity index (χ4v) is 2.27. The van der Waals surface area contributed by atoms with Crippen LogP contribution in [-0.4, -0.2) is 56.2 Å². The molecule has 0 bridgehead atoms. The van der Waals surface area contributed by atoms with Gasteiger partial charge in [-0.15, -0.1) is 11.8 Å². The molecule has 0 heterocycles. The number of hydrogen-bond acceptors (Lipinski definition) is 3. The second kappa shape index (κ2) is 10.1. The number of likely N-dealkylation sites (N-methyl/N-ethyl adjacent to an activating group) is 1. The molecule has 21 heavy (non-hydrogen) atoms. The van der Waals surface area contributed by atoms with Crippen LogP contribution in [0.25, 0.3) is 0 Å². The summed E-state index contributed by atoms with van der Waals surface area (Å²) < 4.78 is 0. The van der Waals surface area contributed by atoms with Crippen molar-refractivity contribution < 1.29 is 4.79 Å². The number of hydrogen-bond donors (Lipinski definition) is 2. The van der Waals surface area contributed by atoms with E-state index in [1.54, 1.807) is 30.8 Å². The maximum absolute atomic E-state index is 11.5. The minimum absolute atomic E-state index is 0.00846.